The third-order valence-electron chi connectivity index (χ3n) is 8.69. The number of urea groups is 1. The van der Waals surface area contributed by atoms with Crippen molar-refractivity contribution in [1.82, 2.24) is 25.2 Å². The molecule has 5 atom stereocenters. The molecule has 11 nitrogen and oxygen atoms in total. The van der Waals surface area contributed by atoms with Gasteiger partial charge in [-0.25, -0.2) is 9.10 Å². The summed E-state index contributed by atoms with van der Waals surface area (Å²) in [6.45, 7) is 14.7. The molecule has 1 saturated heterocycles. The number of nitrogens with zero attached hydrogens (tertiary/aromatic N) is 2. The summed E-state index contributed by atoms with van der Waals surface area (Å²) in [7, 11) is 1.98. The maximum atomic E-state index is 14.1. The van der Waals surface area contributed by atoms with Crippen molar-refractivity contribution in [3.8, 4) is 0 Å². The molecule has 0 bridgehead atoms. The predicted octanol–water partition coefficient (Wildman–Crippen LogP) is 3.78. The Bertz CT molecular complexity index is 1210. The first-order valence-electron chi connectivity index (χ1n) is 15.8. The summed E-state index contributed by atoms with van der Waals surface area (Å²) >= 11 is 3.27. The van der Waals surface area contributed by atoms with Gasteiger partial charge in [-0.15, -0.1) is 11.3 Å². The number of likely N-dealkylation sites (N-methyl/N-ethyl adjacent to an activating group) is 1. The number of nitrogens with two attached hydrogens (primary N) is 1. The second kappa shape index (κ2) is 15.3. The number of ketones is 1. The minimum absolute atomic E-state index is 0.0257. The van der Waals surface area contributed by atoms with Crippen LogP contribution in [0.2, 0.25) is 0 Å². The van der Waals surface area contributed by atoms with Crippen LogP contribution in [-0.4, -0.2) is 83.0 Å². The number of rotatable bonds is 13. The Morgan fingerprint density at radius 2 is 1.73 bits per heavy atom. The highest BCUT2D eigenvalue weighted by atomic mass is 32.2. The van der Waals surface area contributed by atoms with Gasteiger partial charge in [-0.1, -0.05) is 73.8 Å². The number of carbonyl (C=O) groups is 5. The van der Waals surface area contributed by atoms with Crippen LogP contribution < -0.4 is 21.7 Å². The summed E-state index contributed by atoms with van der Waals surface area (Å²) in [4.78, 5) is 67.1. The fourth-order valence-electron chi connectivity index (χ4n) is 5.72. The Morgan fingerprint density at radius 3 is 2.24 bits per heavy atom. The molecule has 5 unspecified atom stereocenters. The molecule has 5 amide bonds. The van der Waals surface area contributed by atoms with Gasteiger partial charge < -0.3 is 26.6 Å². The van der Waals surface area contributed by atoms with E-state index in [9.17, 15) is 24.0 Å². The number of carbonyl (C=O) groups excluding carboxylic acids is 5. The molecule has 1 aromatic heterocycles. The first kappa shape index (κ1) is 36.8. The van der Waals surface area contributed by atoms with Crippen molar-refractivity contribution in [3.63, 3.8) is 0 Å². The zero-order valence-corrected chi connectivity index (χ0v) is 29.6. The lowest BCUT2D eigenvalue weighted by Crippen LogP contribution is -2.61. The number of likely N-dealkylation sites (tertiary alicyclic amines) is 1. The predicted molar refractivity (Wildman–Crippen MR) is 178 cm³/mol. The molecule has 5 N–H and O–H groups in total. The van der Waals surface area contributed by atoms with Gasteiger partial charge in [-0.2, -0.15) is 0 Å². The van der Waals surface area contributed by atoms with Crippen molar-refractivity contribution in [2.24, 2.45) is 28.4 Å². The second-order valence-corrected chi connectivity index (χ2v) is 17.3. The Morgan fingerprint density at radius 1 is 1.07 bits per heavy atom. The van der Waals surface area contributed by atoms with E-state index in [0.717, 1.165) is 23.5 Å². The molecular formula is C32H52N6O5S2. The highest BCUT2D eigenvalue weighted by Gasteiger charge is 2.45. The summed E-state index contributed by atoms with van der Waals surface area (Å²) in [6.07, 6.45) is 3.68. The number of amides is 5. The number of hydrogen-bond donors (Lipinski definition) is 4. The molecule has 0 radical (unpaired) electrons. The molecule has 45 heavy (non-hydrogen) atoms. The van der Waals surface area contributed by atoms with Crippen molar-refractivity contribution >= 4 is 52.8 Å². The lowest BCUT2D eigenvalue weighted by Gasteiger charge is -2.38. The van der Waals surface area contributed by atoms with Crippen LogP contribution in [-0.2, 0) is 19.2 Å². The smallest absolute Gasteiger partial charge is 0.315 e. The number of Topliss-reactive ketones (excluding diaryl/α,β-unsaturated/α-hetero) is 1. The van der Waals surface area contributed by atoms with Crippen molar-refractivity contribution in [2.75, 3.05) is 20.1 Å². The van der Waals surface area contributed by atoms with E-state index in [1.807, 2.05) is 46.2 Å². The van der Waals surface area contributed by atoms with E-state index in [1.165, 1.54) is 4.90 Å². The fraction of sp³-hybridized carbons (Fsp3) is 0.719. The molecule has 2 aliphatic rings. The average molecular weight is 665 g/mol. The Hall–Kier alpha value is -2.64. The summed E-state index contributed by atoms with van der Waals surface area (Å²) in [6, 6.07) is 0.591. The van der Waals surface area contributed by atoms with Gasteiger partial charge in [-0.3, -0.25) is 19.2 Å². The average Bonchev–Trinajstić information content (AvgIpc) is 3.55. The van der Waals surface area contributed by atoms with Crippen molar-refractivity contribution in [3.05, 3.63) is 17.5 Å². The monoisotopic (exact) mass is 664 g/mol. The van der Waals surface area contributed by atoms with E-state index >= 15 is 0 Å². The van der Waals surface area contributed by atoms with Crippen LogP contribution in [0.4, 0.5) is 4.79 Å². The van der Waals surface area contributed by atoms with Crippen molar-refractivity contribution < 1.29 is 24.0 Å². The molecule has 252 valence electrons. The zero-order chi connectivity index (χ0) is 33.7. The third-order valence-corrected chi connectivity index (χ3v) is 10.6. The first-order chi connectivity index (χ1) is 20.9. The van der Waals surface area contributed by atoms with Crippen molar-refractivity contribution in [2.45, 2.75) is 109 Å². The molecule has 13 heteroatoms. The summed E-state index contributed by atoms with van der Waals surface area (Å²) in [5.41, 5.74) is 4.36. The Balaban J connectivity index is 1.73. The zero-order valence-electron chi connectivity index (χ0n) is 28.0. The molecule has 0 spiro atoms. The first-order valence-corrected chi connectivity index (χ1v) is 17.5. The SMILES string of the molecule is CC1CC(C(=O)NC(CC2CCC2)C(=O)C(N)=O)N(C(=O)C(NC(=O)NC(CN(C)Sc2cccs2)C(C)(C)C)C(C)(C)C)C1. The largest absolute Gasteiger partial charge is 0.363 e. The highest BCUT2D eigenvalue weighted by Crippen LogP contribution is 2.32. The molecule has 2 heterocycles. The summed E-state index contributed by atoms with van der Waals surface area (Å²) in [5.74, 6) is -2.48. The van der Waals surface area contributed by atoms with Gasteiger partial charge >= 0.3 is 6.03 Å². The number of nitrogens with one attached hydrogen (secondary N) is 3. The number of thiophene rings is 1. The quantitative estimate of drug-likeness (QED) is 0.185. The lowest BCUT2D eigenvalue weighted by molar-refractivity contribution is -0.143. The molecule has 1 aliphatic carbocycles. The van der Waals surface area contributed by atoms with Gasteiger partial charge in [0.1, 0.15) is 12.1 Å². The maximum absolute atomic E-state index is 14.1. The van der Waals surface area contributed by atoms with Crippen LogP contribution in [0.3, 0.4) is 0 Å². The van der Waals surface area contributed by atoms with Gasteiger partial charge in [0.25, 0.3) is 5.91 Å². The van der Waals surface area contributed by atoms with E-state index in [0.29, 0.717) is 25.9 Å². The van der Waals surface area contributed by atoms with E-state index < -0.39 is 47.2 Å². The number of primary amides is 1. The Labute approximate surface area is 276 Å². The van der Waals surface area contributed by atoms with Crippen LogP contribution in [0, 0.1) is 22.7 Å². The molecule has 1 aromatic rings. The van der Waals surface area contributed by atoms with Gasteiger partial charge in [0, 0.05) is 19.1 Å². The fourth-order valence-corrected chi connectivity index (χ4v) is 7.56. The van der Waals surface area contributed by atoms with Crippen molar-refractivity contribution in [1.29, 1.82) is 0 Å². The van der Waals surface area contributed by atoms with Gasteiger partial charge in [0.15, 0.2) is 0 Å². The van der Waals surface area contributed by atoms with E-state index in [1.54, 1.807) is 23.3 Å². The van der Waals surface area contributed by atoms with Gasteiger partial charge in [-0.05, 0) is 65.9 Å². The van der Waals surface area contributed by atoms with Crippen LogP contribution in [0.5, 0.6) is 0 Å². The van der Waals surface area contributed by atoms with E-state index in [-0.39, 0.29) is 29.2 Å². The molecule has 0 aromatic carbocycles. The Kier molecular flexibility index (Phi) is 12.5. The van der Waals surface area contributed by atoms with E-state index in [4.69, 9.17) is 5.73 Å². The summed E-state index contributed by atoms with van der Waals surface area (Å²) in [5, 5.41) is 10.8. The van der Waals surface area contributed by atoms with Crippen LogP contribution in [0.25, 0.3) is 0 Å². The van der Waals surface area contributed by atoms with Gasteiger partial charge in [0.05, 0.1) is 10.3 Å². The minimum Gasteiger partial charge on any atom is -0.363 e. The second-order valence-electron chi connectivity index (χ2n) is 14.8. The molecular weight excluding hydrogens is 613 g/mol. The molecule has 3 rings (SSSR count). The molecule has 1 saturated carbocycles. The number of hydrogen-bond acceptors (Lipinski definition) is 8. The molecule has 1 aliphatic heterocycles. The van der Waals surface area contributed by atoms with Gasteiger partial charge in [0.2, 0.25) is 17.6 Å². The summed E-state index contributed by atoms with van der Waals surface area (Å²) < 4.78 is 3.24. The maximum Gasteiger partial charge on any atom is 0.315 e. The van der Waals surface area contributed by atoms with E-state index in [2.05, 4.69) is 47.1 Å². The minimum atomic E-state index is -1.08. The van der Waals surface area contributed by atoms with Crippen LogP contribution in [0.15, 0.2) is 21.7 Å². The standard InChI is InChI=1S/C32H52N6O5S2/c1-19-15-22(28(41)34-21(25(39)27(33)40)16-20-11-9-12-20)38(17-19)29(42)26(32(5,6)7)36-30(43)35-23(31(2,3)4)18-37(8)45-24-13-10-14-44-24/h10,13-14,19-23,26H,9,11-12,15-18H2,1-8H3,(H2,33,40)(H,34,41)(H2,35,36,43). The lowest BCUT2D eigenvalue weighted by atomic mass is 9.80. The normalized spacial score (nSPS) is 21.0. The van der Waals surface area contributed by atoms with Crippen LogP contribution in [0.1, 0.15) is 80.6 Å². The topological polar surface area (TPSA) is 154 Å². The van der Waals surface area contributed by atoms with Crippen LogP contribution >= 0.6 is 23.3 Å². The molecule has 2 fully saturated rings. The third kappa shape index (κ3) is 10.4. The highest BCUT2D eigenvalue weighted by molar-refractivity contribution is 7.98.